The Kier molecular flexibility index (Phi) is 4.81. The molecular formula is C13H14FN3O3S. The van der Waals surface area contributed by atoms with Crippen molar-refractivity contribution >= 4 is 10.0 Å². The zero-order valence-corrected chi connectivity index (χ0v) is 11.9. The van der Waals surface area contributed by atoms with E-state index in [-0.39, 0.29) is 23.5 Å². The Hall–Kier alpha value is -2.06. The third-order valence-corrected chi connectivity index (χ3v) is 4.24. The average molecular weight is 311 g/mol. The lowest BCUT2D eigenvalue weighted by atomic mass is 10.4. The summed E-state index contributed by atoms with van der Waals surface area (Å²) >= 11 is 0. The van der Waals surface area contributed by atoms with Crippen LogP contribution in [0, 0.1) is 5.82 Å². The van der Waals surface area contributed by atoms with Crippen LogP contribution in [0.5, 0.6) is 0 Å². The molecule has 0 unspecified atom stereocenters. The third-order valence-electron chi connectivity index (χ3n) is 2.75. The zero-order valence-electron chi connectivity index (χ0n) is 11.1. The second-order valence-electron chi connectivity index (χ2n) is 4.27. The van der Waals surface area contributed by atoms with Gasteiger partial charge in [-0.25, -0.2) is 22.2 Å². The van der Waals surface area contributed by atoms with Crippen LogP contribution >= 0.6 is 0 Å². The van der Waals surface area contributed by atoms with E-state index in [0.29, 0.717) is 6.42 Å². The van der Waals surface area contributed by atoms with Crippen LogP contribution < -0.4 is 10.3 Å². The molecule has 6 nitrogen and oxygen atoms in total. The first-order valence-corrected chi connectivity index (χ1v) is 7.75. The lowest BCUT2D eigenvalue weighted by Crippen LogP contribution is -2.28. The maximum atomic E-state index is 13.4. The molecule has 2 rings (SSSR count). The lowest BCUT2D eigenvalue weighted by Gasteiger charge is -2.08. The Labute approximate surface area is 121 Å². The first-order chi connectivity index (χ1) is 10.0. The summed E-state index contributed by atoms with van der Waals surface area (Å²) in [7, 11) is -3.89. The van der Waals surface area contributed by atoms with Gasteiger partial charge in [-0.05, 0) is 24.6 Å². The van der Waals surface area contributed by atoms with Crippen molar-refractivity contribution in [1.82, 2.24) is 14.5 Å². The van der Waals surface area contributed by atoms with Crippen molar-refractivity contribution in [3.63, 3.8) is 0 Å². The summed E-state index contributed by atoms with van der Waals surface area (Å²) in [4.78, 5) is 11.0. The SMILES string of the molecule is O=c1cccnn1CCCNS(=O)(=O)c1ccccc1F. The normalized spacial score (nSPS) is 11.5. The van der Waals surface area contributed by atoms with E-state index in [1.165, 1.54) is 41.2 Å². The van der Waals surface area contributed by atoms with Crippen LogP contribution in [0.15, 0.2) is 52.3 Å². The second kappa shape index (κ2) is 6.59. The number of aromatic nitrogens is 2. The van der Waals surface area contributed by atoms with Crippen LogP contribution in [0.1, 0.15) is 6.42 Å². The van der Waals surface area contributed by atoms with E-state index < -0.39 is 15.8 Å². The molecule has 0 saturated carbocycles. The Balaban J connectivity index is 1.93. The minimum Gasteiger partial charge on any atom is -0.268 e. The van der Waals surface area contributed by atoms with E-state index in [9.17, 15) is 17.6 Å². The molecular weight excluding hydrogens is 297 g/mol. The van der Waals surface area contributed by atoms with Gasteiger partial charge in [0.25, 0.3) is 5.56 Å². The summed E-state index contributed by atoms with van der Waals surface area (Å²) in [6.07, 6.45) is 1.84. The Bertz CT molecular complexity index is 774. The molecule has 0 amide bonds. The summed E-state index contributed by atoms with van der Waals surface area (Å²) in [5, 5.41) is 3.85. The van der Waals surface area contributed by atoms with Gasteiger partial charge >= 0.3 is 0 Å². The minimum atomic E-state index is -3.89. The van der Waals surface area contributed by atoms with Crippen molar-refractivity contribution in [3.05, 3.63) is 58.8 Å². The number of nitrogens with one attached hydrogen (secondary N) is 1. The van der Waals surface area contributed by atoms with Crippen LogP contribution in [0.4, 0.5) is 4.39 Å². The molecule has 1 aromatic heterocycles. The maximum Gasteiger partial charge on any atom is 0.266 e. The van der Waals surface area contributed by atoms with Crippen molar-refractivity contribution in [1.29, 1.82) is 0 Å². The highest BCUT2D eigenvalue weighted by molar-refractivity contribution is 7.89. The molecule has 0 bridgehead atoms. The van der Waals surface area contributed by atoms with E-state index in [2.05, 4.69) is 9.82 Å². The molecule has 0 saturated heterocycles. The molecule has 0 radical (unpaired) electrons. The summed E-state index contributed by atoms with van der Waals surface area (Å²) in [6, 6.07) is 8.05. The number of benzene rings is 1. The van der Waals surface area contributed by atoms with Gasteiger partial charge in [0.2, 0.25) is 10.0 Å². The van der Waals surface area contributed by atoms with E-state index in [4.69, 9.17) is 0 Å². The molecule has 0 fully saturated rings. The molecule has 1 heterocycles. The molecule has 2 aromatic rings. The van der Waals surface area contributed by atoms with Gasteiger partial charge in [0.15, 0.2) is 0 Å². The van der Waals surface area contributed by atoms with Gasteiger partial charge in [-0.2, -0.15) is 5.10 Å². The maximum absolute atomic E-state index is 13.4. The number of rotatable bonds is 6. The van der Waals surface area contributed by atoms with Crippen LogP contribution in [-0.4, -0.2) is 24.7 Å². The van der Waals surface area contributed by atoms with Gasteiger partial charge in [-0.15, -0.1) is 0 Å². The molecule has 0 spiro atoms. The lowest BCUT2D eigenvalue weighted by molar-refractivity contribution is 0.530. The van der Waals surface area contributed by atoms with Crippen LogP contribution in [0.2, 0.25) is 0 Å². The quantitative estimate of drug-likeness (QED) is 0.798. The summed E-state index contributed by atoms with van der Waals surface area (Å²) in [5.41, 5.74) is -0.255. The van der Waals surface area contributed by atoms with Crippen LogP contribution in [0.3, 0.4) is 0 Å². The fourth-order valence-electron chi connectivity index (χ4n) is 1.73. The Morgan fingerprint density at radius 2 is 1.95 bits per heavy atom. The Morgan fingerprint density at radius 3 is 2.67 bits per heavy atom. The molecule has 1 N–H and O–H groups in total. The van der Waals surface area contributed by atoms with Gasteiger partial charge in [-0.1, -0.05) is 12.1 Å². The molecule has 0 aliphatic heterocycles. The highest BCUT2D eigenvalue weighted by Crippen LogP contribution is 2.12. The van der Waals surface area contributed by atoms with Crippen LogP contribution in [-0.2, 0) is 16.6 Å². The predicted molar refractivity (Wildman–Crippen MR) is 74.7 cm³/mol. The standard InChI is InChI=1S/C13H14FN3O3S/c14-11-5-1-2-6-12(11)21(19,20)16-9-4-10-17-13(18)7-3-8-15-17/h1-3,5-8,16H,4,9-10H2. The molecule has 0 atom stereocenters. The van der Waals surface area contributed by atoms with Crippen LogP contribution in [0.25, 0.3) is 0 Å². The molecule has 8 heteroatoms. The number of hydrogen-bond donors (Lipinski definition) is 1. The molecule has 112 valence electrons. The van der Waals surface area contributed by atoms with Crippen molar-refractivity contribution < 1.29 is 12.8 Å². The second-order valence-corrected chi connectivity index (χ2v) is 6.00. The number of nitrogens with zero attached hydrogens (tertiary/aromatic N) is 2. The topological polar surface area (TPSA) is 81.1 Å². The number of hydrogen-bond acceptors (Lipinski definition) is 4. The highest BCUT2D eigenvalue weighted by atomic mass is 32.2. The fraction of sp³-hybridized carbons (Fsp3) is 0.231. The first kappa shape index (κ1) is 15.3. The summed E-state index contributed by atoms with van der Waals surface area (Å²) < 4.78 is 40.8. The van der Waals surface area contributed by atoms with Gasteiger partial charge in [-0.3, -0.25) is 4.79 Å². The van der Waals surface area contributed by atoms with E-state index in [0.717, 1.165) is 6.07 Å². The minimum absolute atomic E-state index is 0.0830. The highest BCUT2D eigenvalue weighted by Gasteiger charge is 2.17. The molecule has 0 aliphatic carbocycles. The fourth-order valence-corrected chi connectivity index (χ4v) is 2.88. The van der Waals surface area contributed by atoms with Gasteiger partial charge < -0.3 is 0 Å². The zero-order chi connectivity index (χ0) is 15.3. The number of sulfonamides is 1. The van der Waals surface area contributed by atoms with Gasteiger partial charge in [0.1, 0.15) is 10.7 Å². The van der Waals surface area contributed by atoms with Crippen molar-refractivity contribution in [2.24, 2.45) is 0 Å². The van der Waals surface area contributed by atoms with E-state index >= 15 is 0 Å². The summed E-state index contributed by atoms with van der Waals surface area (Å²) in [5.74, 6) is -0.800. The third kappa shape index (κ3) is 3.96. The smallest absolute Gasteiger partial charge is 0.266 e. The van der Waals surface area contributed by atoms with E-state index in [1.807, 2.05) is 0 Å². The monoisotopic (exact) mass is 311 g/mol. The van der Waals surface area contributed by atoms with E-state index in [1.54, 1.807) is 0 Å². The largest absolute Gasteiger partial charge is 0.268 e. The Morgan fingerprint density at radius 1 is 1.19 bits per heavy atom. The number of halogens is 1. The molecule has 21 heavy (non-hydrogen) atoms. The van der Waals surface area contributed by atoms with Gasteiger partial charge in [0.05, 0.1) is 0 Å². The molecule has 0 aliphatic rings. The van der Waals surface area contributed by atoms with Crippen molar-refractivity contribution in [3.8, 4) is 0 Å². The molecule has 1 aromatic carbocycles. The average Bonchev–Trinajstić information content (AvgIpc) is 2.45. The predicted octanol–water partition coefficient (Wildman–Crippen LogP) is 0.751. The van der Waals surface area contributed by atoms with Gasteiger partial charge in [0, 0.05) is 25.4 Å². The number of aryl methyl sites for hydroxylation is 1. The van der Waals surface area contributed by atoms with Crippen molar-refractivity contribution in [2.75, 3.05) is 6.54 Å². The summed E-state index contributed by atoms with van der Waals surface area (Å²) in [6.45, 7) is 0.360. The van der Waals surface area contributed by atoms with Crippen molar-refractivity contribution in [2.45, 2.75) is 17.9 Å². The first-order valence-electron chi connectivity index (χ1n) is 6.27.